The molecule has 1 heterocycles. The number of rotatable bonds is 4. The Kier molecular flexibility index (Phi) is 4.59. The van der Waals surface area contributed by atoms with Crippen LogP contribution in [0.1, 0.15) is 44.9 Å². The number of halogens is 1. The summed E-state index contributed by atoms with van der Waals surface area (Å²) < 4.78 is 0. The van der Waals surface area contributed by atoms with Crippen molar-refractivity contribution in [3.8, 4) is 0 Å². The fourth-order valence-corrected chi connectivity index (χ4v) is 2.90. The van der Waals surface area contributed by atoms with Crippen molar-refractivity contribution in [3.05, 3.63) is 64.2 Å². The normalized spacial score (nSPS) is 13.4. The molecule has 0 aliphatic carbocycles. The lowest BCUT2D eigenvalue weighted by molar-refractivity contribution is 0.0636. The van der Waals surface area contributed by atoms with Crippen molar-refractivity contribution in [2.45, 2.75) is 13.8 Å². The molecular weight excluding hydrogens is 340 g/mol. The minimum Gasteiger partial charge on any atom is -0.321 e. The maximum absolute atomic E-state index is 12.5. The summed E-state index contributed by atoms with van der Waals surface area (Å²) in [5.74, 6) is -0.892. The number of nitrogens with zero attached hydrogens (tertiary/aromatic N) is 1. The second-order valence-electron chi connectivity index (χ2n) is 6.31. The first-order chi connectivity index (χ1) is 11.9. The quantitative estimate of drug-likeness (QED) is 0.846. The third kappa shape index (κ3) is 3.28. The highest BCUT2D eigenvalue weighted by atomic mass is 35.5. The predicted octanol–water partition coefficient (Wildman–Crippen LogP) is 3.84. The Morgan fingerprint density at radius 3 is 2.44 bits per heavy atom. The first kappa shape index (κ1) is 17.2. The Balaban J connectivity index is 1.87. The van der Waals surface area contributed by atoms with Gasteiger partial charge in [0.25, 0.3) is 17.7 Å². The SMILES string of the molecule is CC(C)CN1C(=O)c2ccc(C(=O)Nc3ccccc3Cl)cc2C1=O. The summed E-state index contributed by atoms with van der Waals surface area (Å²) >= 11 is 6.04. The van der Waals surface area contributed by atoms with E-state index in [9.17, 15) is 14.4 Å². The third-order valence-electron chi connectivity index (χ3n) is 3.90. The number of para-hydroxylation sites is 1. The molecule has 0 saturated heterocycles. The van der Waals surface area contributed by atoms with Crippen molar-refractivity contribution in [2.24, 2.45) is 5.92 Å². The van der Waals surface area contributed by atoms with E-state index in [1.54, 1.807) is 24.3 Å². The van der Waals surface area contributed by atoms with Gasteiger partial charge in [0.05, 0.1) is 21.8 Å². The molecule has 5 nitrogen and oxygen atoms in total. The van der Waals surface area contributed by atoms with E-state index < -0.39 is 5.91 Å². The summed E-state index contributed by atoms with van der Waals surface area (Å²) in [7, 11) is 0. The second kappa shape index (κ2) is 6.69. The Hall–Kier alpha value is -2.66. The van der Waals surface area contributed by atoms with Crippen molar-refractivity contribution < 1.29 is 14.4 Å². The third-order valence-corrected chi connectivity index (χ3v) is 4.23. The van der Waals surface area contributed by atoms with Crippen molar-refractivity contribution in [2.75, 3.05) is 11.9 Å². The zero-order valence-corrected chi connectivity index (χ0v) is 14.6. The molecule has 0 aromatic heterocycles. The molecule has 0 spiro atoms. The number of carbonyl (C=O) groups excluding carboxylic acids is 3. The molecule has 3 amide bonds. The number of hydrogen-bond acceptors (Lipinski definition) is 3. The molecule has 0 radical (unpaired) electrons. The van der Waals surface area contributed by atoms with Gasteiger partial charge in [-0.1, -0.05) is 37.6 Å². The fraction of sp³-hybridized carbons (Fsp3) is 0.211. The number of carbonyl (C=O) groups is 3. The van der Waals surface area contributed by atoms with E-state index >= 15 is 0 Å². The fourth-order valence-electron chi connectivity index (χ4n) is 2.72. The molecule has 6 heteroatoms. The van der Waals surface area contributed by atoms with Gasteiger partial charge in [0.15, 0.2) is 0 Å². The van der Waals surface area contributed by atoms with Gasteiger partial charge in [-0.05, 0) is 36.2 Å². The van der Waals surface area contributed by atoms with Crippen LogP contribution < -0.4 is 5.32 Å². The summed E-state index contributed by atoms with van der Waals surface area (Å²) in [6.07, 6.45) is 0. The number of anilines is 1. The highest BCUT2D eigenvalue weighted by Crippen LogP contribution is 2.26. The number of benzene rings is 2. The lowest BCUT2D eigenvalue weighted by atomic mass is 10.1. The number of amides is 3. The van der Waals surface area contributed by atoms with E-state index in [-0.39, 0.29) is 23.3 Å². The molecule has 1 N–H and O–H groups in total. The van der Waals surface area contributed by atoms with Crippen molar-refractivity contribution in [1.29, 1.82) is 0 Å². The van der Waals surface area contributed by atoms with E-state index in [2.05, 4.69) is 5.32 Å². The average molecular weight is 357 g/mol. The Labute approximate surface area is 150 Å². The van der Waals surface area contributed by atoms with E-state index in [0.717, 1.165) is 0 Å². The topological polar surface area (TPSA) is 66.5 Å². The molecule has 0 atom stereocenters. The monoisotopic (exact) mass is 356 g/mol. The van der Waals surface area contributed by atoms with E-state index in [1.165, 1.54) is 23.1 Å². The Morgan fingerprint density at radius 1 is 1.08 bits per heavy atom. The largest absolute Gasteiger partial charge is 0.321 e. The maximum Gasteiger partial charge on any atom is 0.261 e. The summed E-state index contributed by atoms with van der Waals surface area (Å²) in [6.45, 7) is 4.23. The van der Waals surface area contributed by atoms with Gasteiger partial charge in [-0.15, -0.1) is 0 Å². The van der Waals surface area contributed by atoms with Crippen LogP contribution in [0.5, 0.6) is 0 Å². The molecule has 25 heavy (non-hydrogen) atoms. The van der Waals surface area contributed by atoms with Gasteiger partial charge in [-0.3, -0.25) is 19.3 Å². The van der Waals surface area contributed by atoms with Crippen LogP contribution >= 0.6 is 11.6 Å². The summed E-state index contributed by atoms with van der Waals surface area (Å²) in [4.78, 5) is 38.5. The van der Waals surface area contributed by atoms with Crippen LogP contribution in [-0.4, -0.2) is 29.2 Å². The molecule has 1 aliphatic heterocycles. The van der Waals surface area contributed by atoms with Gasteiger partial charge in [0, 0.05) is 12.1 Å². The minimum absolute atomic E-state index is 0.171. The van der Waals surface area contributed by atoms with Crippen molar-refractivity contribution in [3.63, 3.8) is 0 Å². The smallest absolute Gasteiger partial charge is 0.261 e. The molecule has 2 aromatic carbocycles. The second-order valence-corrected chi connectivity index (χ2v) is 6.72. The van der Waals surface area contributed by atoms with Gasteiger partial charge >= 0.3 is 0 Å². The maximum atomic E-state index is 12.5. The molecule has 3 rings (SSSR count). The van der Waals surface area contributed by atoms with Crippen LogP contribution in [0.2, 0.25) is 5.02 Å². The number of imide groups is 1. The van der Waals surface area contributed by atoms with Crippen LogP contribution in [-0.2, 0) is 0 Å². The molecule has 0 saturated carbocycles. The van der Waals surface area contributed by atoms with E-state index in [4.69, 9.17) is 11.6 Å². The lowest BCUT2D eigenvalue weighted by Crippen LogP contribution is -2.33. The van der Waals surface area contributed by atoms with Gasteiger partial charge in [-0.2, -0.15) is 0 Å². The van der Waals surface area contributed by atoms with Gasteiger partial charge in [0.1, 0.15) is 0 Å². The van der Waals surface area contributed by atoms with Crippen LogP contribution in [0.25, 0.3) is 0 Å². The van der Waals surface area contributed by atoms with Crippen molar-refractivity contribution >= 4 is 35.0 Å². The minimum atomic E-state index is -0.390. The number of fused-ring (bicyclic) bond motifs is 1. The van der Waals surface area contributed by atoms with Gasteiger partial charge in [-0.25, -0.2) is 0 Å². The van der Waals surface area contributed by atoms with Crippen molar-refractivity contribution in [1.82, 2.24) is 4.90 Å². The first-order valence-electron chi connectivity index (χ1n) is 7.94. The molecule has 0 fully saturated rings. The van der Waals surface area contributed by atoms with Crippen LogP contribution in [0.3, 0.4) is 0 Å². The molecule has 1 aliphatic rings. The Bertz CT molecular complexity index is 877. The lowest BCUT2D eigenvalue weighted by Gasteiger charge is -2.15. The van der Waals surface area contributed by atoms with Crippen LogP contribution in [0, 0.1) is 5.92 Å². The first-order valence-corrected chi connectivity index (χ1v) is 8.32. The van der Waals surface area contributed by atoms with E-state index in [0.29, 0.717) is 28.4 Å². The van der Waals surface area contributed by atoms with Gasteiger partial charge in [0.2, 0.25) is 0 Å². The summed E-state index contributed by atoms with van der Waals surface area (Å²) in [6, 6.07) is 11.4. The number of hydrogen-bond donors (Lipinski definition) is 1. The van der Waals surface area contributed by atoms with Gasteiger partial charge < -0.3 is 5.32 Å². The molecular formula is C19H17ClN2O3. The summed E-state index contributed by atoms with van der Waals surface area (Å²) in [5.41, 5.74) is 1.38. The number of nitrogens with one attached hydrogen (secondary N) is 1. The zero-order valence-electron chi connectivity index (χ0n) is 13.9. The van der Waals surface area contributed by atoms with E-state index in [1.807, 2.05) is 13.8 Å². The molecule has 0 unspecified atom stereocenters. The average Bonchev–Trinajstić information content (AvgIpc) is 2.81. The standard InChI is InChI=1S/C19H17ClN2O3/c1-11(2)10-22-18(24)13-8-7-12(9-14(13)19(22)25)17(23)21-16-6-4-3-5-15(16)20/h3-9,11H,10H2,1-2H3,(H,21,23). The molecule has 128 valence electrons. The van der Waals surface area contributed by atoms with Crippen LogP contribution in [0.15, 0.2) is 42.5 Å². The Morgan fingerprint density at radius 2 is 1.76 bits per heavy atom. The molecule has 2 aromatic rings. The van der Waals surface area contributed by atoms with Crippen LogP contribution in [0.4, 0.5) is 5.69 Å². The summed E-state index contributed by atoms with van der Waals surface area (Å²) in [5, 5.41) is 3.13. The predicted molar refractivity (Wildman–Crippen MR) is 96.1 cm³/mol. The highest BCUT2D eigenvalue weighted by Gasteiger charge is 2.36. The molecule has 0 bridgehead atoms. The zero-order chi connectivity index (χ0) is 18.1. The highest BCUT2D eigenvalue weighted by molar-refractivity contribution is 6.34.